The van der Waals surface area contributed by atoms with E-state index in [1.54, 1.807) is 18.5 Å². The van der Waals surface area contributed by atoms with E-state index in [1.807, 2.05) is 31.2 Å². The number of urea groups is 1. The van der Waals surface area contributed by atoms with Crippen LogP contribution in [0.15, 0.2) is 47.7 Å². The summed E-state index contributed by atoms with van der Waals surface area (Å²) < 4.78 is 0. The van der Waals surface area contributed by atoms with Gasteiger partial charge in [0.2, 0.25) is 5.96 Å². The van der Waals surface area contributed by atoms with Crippen LogP contribution in [-0.2, 0) is 0 Å². The second-order valence-corrected chi connectivity index (χ2v) is 7.15. The van der Waals surface area contributed by atoms with Gasteiger partial charge in [-0.15, -0.1) is 0 Å². The highest BCUT2D eigenvalue weighted by molar-refractivity contribution is 6.05. The summed E-state index contributed by atoms with van der Waals surface area (Å²) >= 11 is 0. The number of guanidine groups is 1. The normalized spacial score (nSPS) is 15.0. The van der Waals surface area contributed by atoms with E-state index in [4.69, 9.17) is 5.73 Å². The van der Waals surface area contributed by atoms with Gasteiger partial charge in [0, 0.05) is 36.0 Å². The summed E-state index contributed by atoms with van der Waals surface area (Å²) in [6.07, 6.45) is 8.57. The maximum Gasteiger partial charge on any atom is 0.321 e. The van der Waals surface area contributed by atoms with Crippen LogP contribution < -0.4 is 16.4 Å². The highest BCUT2D eigenvalue weighted by Gasteiger charge is 2.25. The number of nitrogens with one attached hydrogen (secondary N) is 2. The standard InChI is InChI=1S/C22H27N5O2/c1-2-25-22(29)27-21(23)26-19-11-10-16(17-9-6-12-24-14-17)13-18(19)20(28)15-7-4-3-5-8-15/h6,9-15H,2-5,7-8H2,1H3,(H4,23,25,26,27,29). The molecule has 1 aliphatic carbocycles. The molecule has 1 aromatic carbocycles. The number of carbonyl (C=O) groups excluding carboxylic acids is 2. The molecule has 152 valence electrons. The van der Waals surface area contributed by atoms with Crippen molar-refractivity contribution >= 4 is 23.5 Å². The molecule has 7 nitrogen and oxygen atoms in total. The summed E-state index contributed by atoms with van der Waals surface area (Å²) in [5, 5.41) is 5.07. The Kier molecular flexibility index (Phi) is 6.94. The van der Waals surface area contributed by atoms with Gasteiger partial charge in [0.25, 0.3) is 0 Å². The van der Waals surface area contributed by atoms with Crippen LogP contribution >= 0.6 is 0 Å². The Morgan fingerprint density at radius 1 is 1.17 bits per heavy atom. The molecule has 0 unspecified atom stereocenters. The van der Waals surface area contributed by atoms with Crippen LogP contribution in [0.25, 0.3) is 11.1 Å². The number of aromatic nitrogens is 1. The molecule has 29 heavy (non-hydrogen) atoms. The van der Waals surface area contributed by atoms with Gasteiger partial charge < -0.3 is 11.1 Å². The number of Topliss-reactive ketones (excluding diaryl/α,β-unsaturated/α-hetero) is 1. The highest BCUT2D eigenvalue weighted by Crippen LogP contribution is 2.33. The molecule has 0 atom stereocenters. The summed E-state index contributed by atoms with van der Waals surface area (Å²) in [4.78, 5) is 33.5. The van der Waals surface area contributed by atoms with Crippen LogP contribution in [0.2, 0.25) is 0 Å². The Labute approximate surface area is 170 Å². The zero-order valence-electron chi connectivity index (χ0n) is 16.6. The first-order valence-corrected chi connectivity index (χ1v) is 10.1. The lowest BCUT2D eigenvalue weighted by Gasteiger charge is -2.21. The number of pyridine rings is 1. The third-order valence-electron chi connectivity index (χ3n) is 5.05. The molecule has 1 fully saturated rings. The molecule has 0 spiro atoms. The van der Waals surface area contributed by atoms with E-state index in [9.17, 15) is 9.59 Å². The number of benzene rings is 1. The average Bonchev–Trinajstić information content (AvgIpc) is 2.75. The van der Waals surface area contributed by atoms with Gasteiger partial charge in [-0.2, -0.15) is 0 Å². The van der Waals surface area contributed by atoms with Crippen molar-refractivity contribution in [3.63, 3.8) is 0 Å². The zero-order valence-corrected chi connectivity index (χ0v) is 16.6. The molecule has 0 radical (unpaired) electrons. The molecule has 1 aromatic heterocycles. The van der Waals surface area contributed by atoms with Crippen LogP contribution in [0.4, 0.5) is 10.5 Å². The van der Waals surface area contributed by atoms with Gasteiger partial charge in [-0.1, -0.05) is 31.4 Å². The second kappa shape index (κ2) is 9.82. The Morgan fingerprint density at radius 3 is 2.66 bits per heavy atom. The largest absolute Gasteiger partial charge is 0.369 e. The van der Waals surface area contributed by atoms with Crippen molar-refractivity contribution in [1.29, 1.82) is 0 Å². The van der Waals surface area contributed by atoms with Crippen molar-refractivity contribution in [1.82, 2.24) is 15.6 Å². The van der Waals surface area contributed by atoms with Crippen LogP contribution in [-0.4, -0.2) is 29.3 Å². The van der Waals surface area contributed by atoms with Crippen molar-refractivity contribution < 1.29 is 9.59 Å². The van der Waals surface area contributed by atoms with Crippen molar-refractivity contribution in [2.75, 3.05) is 6.54 Å². The van der Waals surface area contributed by atoms with E-state index in [1.165, 1.54) is 6.42 Å². The first kappa shape index (κ1) is 20.5. The molecule has 1 saturated carbocycles. The zero-order chi connectivity index (χ0) is 20.6. The van der Waals surface area contributed by atoms with E-state index in [-0.39, 0.29) is 17.7 Å². The lowest BCUT2D eigenvalue weighted by atomic mass is 9.83. The maximum atomic E-state index is 13.3. The molecule has 4 N–H and O–H groups in total. The predicted molar refractivity (Wildman–Crippen MR) is 114 cm³/mol. The topological polar surface area (TPSA) is 109 Å². The van der Waals surface area contributed by atoms with Gasteiger partial charge in [0.1, 0.15) is 0 Å². The quantitative estimate of drug-likeness (QED) is 0.408. The number of hydrogen-bond donors (Lipinski definition) is 3. The molecule has 0 saturated heterocycles. The van der Waals surface area contributed by atoms with Gasteiger partial charge >= 0.3 is 6.03 Å². The fraction of sp³-hybridized carbons (Fsp3) is 0.364. The molecule has 0 aliphatic heterocycles. The SMILES string of the molecule is CCNC(=O)NC(N)=Nc1ccc(-c2cccnc2)cc1C(=O)C1CCCCC1. The molecule has 2 amide bonds. The number of aliphatic imine (C=N–C) groups is 1. The lowest BCUT2D eigenvalue weighted by molar-refractivity contribution is 0.0890. The van der Waals surface area contributed by atoms with E-state index < -0.39 is 6.03 Å². The molecular formula is C22H27N5O2. The van der Waals surface area contributed by atoms with Gasteiger partial charge in [0.15, 0.2) is 5.78 Å². The molecule has 1 aliphatic rings. The van der Waals surface area contributed by atoms with Crippen LogP contribution in [0.1, 0.15) is 49.4 Å². The minimum Gasteiger partial charge on any atom is -0.369 e. The monoisotopic (exact) mass is 393 g/mol. The number of nitrogens with two attached hydrogens (primary N) is 1. The lowest BCUT2D eigenvalue weighted by Crippen LogP contribution is -2.43. The maximum absolute atomic E-state index is 13.3. The number of amides is 2. The Morgan fingerprint density at radius 2 is 1.97 bits per heavy atom. The van der Waals surface area contributed by atoms with Crippen LogP contribution in [0, 0.1) is 5.92 Å². The van der Waals surface area contributed by atoms with Gasteiger partial charge in [-0.25, -0.2) is 9.79 Å². The van der Waals surface area contributed by atoms with Crippen molar-refractivity contribution in [3.05, 3.63) is 48.3 Å². The fourth-order valence-electron chi connectivity index (χ4n) is 3.61. The number of carbonyl (C=O) groups is 2. The van der Waals surface area contributed by atoms with Crippen LogP contribution in [0.3, 0.4) is 0 Å². The molecular weight excluding hydrogens is 366 g/mol. The Hall–Kier alpha value is -3.22. The number of nitrogens with zero attached hydrogens (tertiary/aromatic N) is 2. The van der Waals surface area contributed by atoms with E-state index in [0.29, 0.717) is 17.8 Å². The summed E-state index contributed by atoms with van der Waals surface area (Å²) in [5.74, 6) is 0.0298. The summed E-state index contributed by atoms with van der Waals surface area (Å²) in [7, 11) is 0. The van der Waals surface area contributed by atoms with Gasteiger partial charge in [-0.05, 0) is 43.5 Å². The summed E-state index contributed by atoms with van der Waals surface area (Å²) in [6.45, 7) is 2.29. The predicted octanol–water partition coefficient (Wildman–Crippen LogP) is 3.78. The summed E-state index contributed by atoms with van der Waals surface area (Å²) in [5.41, 5.74) is 8.70. The van der Waals surface area contributed by atoms with E-state index >= 15 is 0 Å². The number of rotatable bonds is 5. The smallest absolute Gasteiger partial charge is 0.321 e. The molecule has 1 heterocycles. The molecule has 7 heteroatoms. The minimum atomic E-state index is -0.430. The minimum absolute atomic E-state index is 0.000535. The van der Waals surface area contributed by atoms with Gasteiger partial charge in [0.05, 0.1) is 5.69 Å². The number of ketones is 1. The number of hydrogen-bond acceptors (Lipinski definition) is 4. The third kappa shape index (κ3) is 5.40. The first-order chi connectivity index (χ1) is 14.1. The van der Waals surface area contributed by atoms with Crippen molar-refractivity contribution in [3.8, 4) is 11.1 Å². The molecule has 0 bridgehead atoms. The first-order valence-electron chi connectivity index (χ1n) is 10.1. The second-order valence-electron chi connectivity index (χ2n) is 7.15. The Bertz CT molecular complexity index is 889. The fourth-order valence-corrected chi connectivity index (χ4v) is 3.61. The average molecular weight is 393 g/mol. The van der Waals surface area contributed by atoms with Crippen molar-refractivity contribution in [2.45, 2.75) is 39.0 Å². The highest BCUT2D eigenvalue weighted by atomic mass is 16.2. The van der Waals surface area contributed by atoms with E-state index in [2.05, 4.69) is 20.6 Å². The third-order valence-corrected chi connectivity index (χ3v) is 5.05. The van der Waals surface area contributed by atoms with Crippen LogP contribution in [0.5, 0.6) is 0 Å². The van der Waals surface area contributed by atoms with Crippen molar-refractivity contribution in [2.24, 2.45) is 16.6 Å². The summed E-state index contributed by atoms with van der Waals surface area (Å²) in [6, 6.07) is 8.88. The van der Waals surface area contributed by atoms with Gasteiger partial charge in [-0.3, -0.25) is 15.1 Å². The molecule has 2 aromatic rings. The Balaban J connectivity index is 1.96. The molecule has 3 rings (SSSR count). The van der Waals surface area contributed by atoms with E-state index in [0.717, 1.165) is 36.8 Å².